The second kappa shape index (κ2) is 11.4. The SMILES string of the molecule is CNCCCC(=O)NCc1ccccc1OCC(C)C.Cl. The van der Waals surface area contributed by atoms with Gasteiger partial charge in [-0.25, -0.2) is 0 Å². The number of carbonyl (C=O) groups excluding carboxylic acids is 1. The molecule has 0 fully saturated rings. The van der Waals surface area contributed by atoms with Crippen LogP contribution in [-0.2, 0) is 11.3 Å². The van der Waals surface area contributed by atoms with Crippen LogP contribution in [0, 0.1) is 5.92 Å². The van der Waals surface area contributed by atoms with Crippen LogP contribution in [0.15, 0.2) is 24.3 Å². The normalized spacial score (nSPS) is 10.1. The summed E-state index contributed by atoms with van der Waals surface area (Å²) in [5.41, 5.74) is 1.02. The highest BCUT2D eigenvalue weighted by Gasteiger charge is 2.06. The predicted molar refractivity (Wildman–Crippen MR) is 89.0 cm³/mol. The second-order valence-corrected chi connectivity index (χ2v) is 5.30. The molecule has 120 valence electrons. The molecule has 0 aliphatic heterocycles. The Morgan fingerprint density at radius 3 is 2.67 bits per heavy atom. The van der Waals surface area contributed by atoms with Gasteiger partial charge in [0.2, 0.25) is 5.91 Å². The van der Waals surface area contributed by atoms with E-state index >= 15 is 0 Å². The highest BCUT2D eigenvalue weighted by Crippen LogP contribution is 2.18. The Kier molecular flexibility index (Phi) is 10.7. The number of hydrogen-bond donors (Lipinski definition) is 2. The third-order valence-electron chi connectivity index (χ3n) is 2.85. The summed E-state index contributed by atoms with van der Waals surface area (Å²) in [6.45, 7) is 6.31. The van der Waals surface area contributed by atoms with Crippen LogP contribution < -0.4 is 15.4 Å². The van der Waals surface area contributed by atoms with Gasteiger partial charge >= 0.3 is 0 Å². The Balaban J connectivity index is 0.00000400. The lowest BCUT2D eigenvalue weighted by Crippen LogP contribution is -2.24. The minimum Gasteiger partial charge on any atom is -0.493 e. The van der Waals surface area contributed by atoms with E-state index in [9.17, 15) is 4.79 Å². The number of rotatable bonds is 9. The van der Waals surface area contributed by atoms with Gasteiger partial charge in [-0.05, 0) is 32.0 Å². The molecule has 1 aromatic rings. The Morgan fingerprint density at radius 1 is 1.29 bits per heavy atom. The van der Waals surface area contributed by atoms with Gasteiger partial charge in [0.05, 0.1) is 6.61 Å². The van der Waals surface area contributed by atoms with Crippen molar-refractivity contribution in [3.05, 3.63) is 29.8 Å². The van der Waals surface area contributed by atoms with E-state index < -0.39 is 0 Å². The van der Waals surface area contributed by atoms with Crippen molar-refractivity contribution in [1.29, 1.82) is 0 Å². The number of halogens is 1. The standard InChI is InChI=1S/C16H26N2O2.ClH/c1-13(2)12-20-15-8-5-4-7-14(15)11-18-16(19)9-6-10-17-3;/h4-5,7-8,13,17H,6,9-12H2,1-3H3,(H,18,19);1H. The lowest BCUT2D eigenvalue weighted by molar-refractivity contribution is -0.121. The van der Waals surface area contributed by atoms with Crippen LogP contribution >= 0.6 is 12.4 Å². The first-order valence-electron chi connectivity index (χ1n) is 7.25. The van der Waals surface area contributed by atoms with E-state index in [1.807, 2.05) is 31.3 Å². The first-order valence-corrected chi connectivity index (χ1v) is 7.25. The third kappa shape index (κ3) is 8.58. The lowest BCUT2D eigenvalue weighted by atomic mass is 10.2. The van der Waals surface area contributed by atoms with E-state index in [4.69, 9.17) is 4.74 Å². The van der Waals surface area contributed by atoms with Crippen LogP contribution in [-0.4, -0.2) is 26.1 Å². The molecule has 0 atom stereocenters. The predicted octanol–water partition coefficient (Wildman–Crippen LogP) is 2.76. The zero-order valence-electron chi connectivity index (χ0n) is 13.1. The summed E-state index contributed by atoms with van der Waals surface area (Å²) in [5, 5.41) is 5.97. The van der Waals surface area contributed by atoms with Crippen molar-refractivity contribution < 1.29 is 9.53 Å². The fourth-order valence-corrected chi connectivity index (χ4v) is 1.76. The molecule has 1 aromatic carbocycles. The van der Waals surface area contributed by atoms with Gasteiger partial charge in [0.25, 0.3) is 0 Å². The summed E-state index contributed by atoms with van der Waals surface area (Å²) < 4.78 is 5.77. The molecule has 0 unspecified atom stereocenters. The molecule has 1 amide bonds. The fourth-order valence-electron chi connectivity index (χ4n) is 1.76. The maximum Gasteiger partial charge on any atom is 0.220 e. The van der Waals surface area contributed by atoms with Gasteiger partial charge in [0.1, 0.15) is 5.75 Å². The van der Waals surface area contributed by atoms with Gasteiger partial charge in [0, 0.05) is 18.5 Å². The molecule has 4 nitrogen and oxygen atoms in total. The summed E-state index contributed by atoms with van der Waals surface area (Å²) in [5.74, 6) is 1.43. The van der Waals surface area contributed by atoms with Gasteiger partial charge in [-0.2, -0.15) is 0 Å². The molecule has 0 aliphatic rings. The number of amides is 1. The summed E-state index contributed by atoms with van der Waals surface area (Å²) >= 11 is 0. The Morgan fingerprint density at radius 2 is 2.00 bits per heavy atom. The number of benzene rings is 1. The second-order valence-electron chi connectivity index (χ2n) is 5.30. The van der Waals surface area contributed by atoms with E-state index in [0.29, 0.717) is 25.5 Å². The fraction of sp³-hybridized carbons (Fsp3) is 0.562. The molecule has 21 heavy (non-hydrogen) atoms. The number of hydrogen-bond acceptors (Lipinski definition) is 3. The van der Waals surface area contributed by atoms with E-state index in [-0.39, 0.29) is 18.3 Å². The van der Waals surface area contributed by atoms with Crippen molar-refractivity contribution >= 4 is 18.3 Å². The first-order chi connectivity index (χ1) is 9.63. The van der Waals surface area contributed by atoms with Crippen molar-refractivity contribution in [3.63, 3.8) is 0 Å². The number of ether oxygens (including phenoxy) is 1. The highest BCUT2D eigenvalue weighted by molar-refractivity contribution is 5.85. The smallest absolute Gasteiger partial charge is 0.220 e. The highest BCUT2D eigenvalue weighted by atomic mass is 35.5. The number of nitrogens with one attached hydrogen (secondary N) is 2. The minimum absolute atomic E-state index is 0. The van der Waals surface area contributed by atoms with Crippen LogP contribution in [0.4, 0.5) is 0 Å². The van der Waals surface area contributed by atoms with Gasteiger partial charge < -0.3 is 15.4 Å². The molecule has 0 aromatic heterocycles. The molecule has 0 radical (unpaired) electrons. The Bertz CT molecular complexity index is 411. The maximum absolute atomic E-state index is 11.7. The molecular weight excluding hydrogens is 288 g/mol. The molecule has 0 spiro atoms. The molecule has 0 saturated carbocycles. The van der Waals surface area contributed by atoms with E-state index in [1.54, 1.807) is 0 Å². The molecule has 0 saturated heterocycles. The van der Waals surface area contributed by atoms with Crippen molar-refractivity contribution in [2.45, 2.75) is 33.2 Å². The van der Waals surface area contributed by atoms with E-state index in [0.717, 1.165) is 24.3 Å². The van der Waals surface area contributed by atoms with Crippen molar-refractivity contribution in [2.24, 2.45) is 5.92 Å². The summed E-state index contributed by atoms with van der Waals surface area (Å²) in [6.07, 6.45) is 1.41. The van der Waals surface area contributed by atoms with Gasteiger partial charge in [-0.15, -0.1) is 12.4 Å². The molecule has 2 N–H and O–H groups in total. The van der Waals surface area contributed by atoms with Gasteiger partial charge in [-0.3, -0.25) is 4.79 Å². The third-order valence-corrected chi connectivity index (χ3v) is 2.85. The quantitative estimate of drug-likeness (QED) is 0.689. The number of para-hydroxylation sites is 1. The maximum atomic E-state index is 11.7. The summed E-state index contributed by atoms with van der Waals surface area (Å²) in [7, 11) is 1.89. The average Bonchev–Trinajstić information content (AvgIpc) is 2.44. The largest absolute Gasteiger partial charge is 0.493 e. The molecule has 0 aliphatic carbocycles. The van der Waals surface area contributed by atoms with Crippen LogP contribution in [0.5, 0.6) is 5.75 Å². The molecule has 5 heteroatoms. The Labute approximate surface area is 134 Å². The van der Waals surface area contributed by atoms with Crippen LogP contribution in [0.3, 0.4) is 0 Å². The minimum atomic E-state index is 0. The topological polar surface area (TPSA) is 50.4 Å². The van der Waals surface area contributed by atoms with Crippen LogP contribution in [0.25, 0.3) is 0 Å². The van der Waals surface area contributed by atoms with Crippen molar-refractivity contribution in [2.75, 3.05) is 20.2 Å². The van der Waals surface area contributed by atoms with Crippen LogP contribution in [0.1, 0.15) is 32.3 Å². The first kappa shape index (κ1) is 19.7. The summed E-state index contributed by atoms with van der Waals surface area (Å²) in [4.78, 5) is 11.7. The van der Waals surface area contributed by atoms with Gasteiger partial charge in [0.15, 0.2) is 0 Å². The van der Waals surface area contributed by atoms with Crippen molar-refractivity contribution in [1.82, 2.24) is 10.6 Å². The number of carbonyl (C=O) groups is 1. The molecule has 0 bridgehead atoms. The zero-order valence-corrected chi connectivity index (χ0v) is 14.0. The van der Waals surface area contributed by atoms with Crippen molar-refractivity contribution in [3.8, 4) is 5.75 Å². The van der Waals surface area contributed by atoms with E-state index in [2.05, 4.69) is 24.5 Å². The summed E-state index contributed by atoms with van der Waals surface area (Å²) in [6, 6.07) is 7.85. The molecule has 1 rings (SSSR count). The molecule has 0 heterocycles. The van der Waals surface area contributed by atoms with Crippen LogP contribution in [0.2, 0.25) is 0 Å². The zero-order chi connectivity index (χ0) is 14.8. The average molecular weight is 315 g/mol. The van der Waals surface area contributed by atoms with E-state index in [1.165, 1.54) is 0 Å². The lowest BCUT2D eigenvalue weighted by Gasteiger charge is -2.13. The molecular formula is C16H27ClN2O2. The Hall–Kier alpha value is -1.26. The van der Waals surface area contributed by atoms with Gasteiger partial charge in [-0.1, -0.05) is 32.0 Å². The monoisotopic (exact) mass is 314 g/mol.